The van der Waals surface area contributed by atoms with Gasteiger partial charge in [-0.05, 0) is 43.4 Å². The topological polar surface area (TPSA) is 49.6 Å². The van der Waals surface area contributed by atoms with Crippen LogP contribution < -0.4 is 0 Å². The van der Waals surface area contributed by atoms with E-state index in [9.17, 15) is 4.79 Å². The van der Waals surface area contributed by atoms with Gasteiger partial charge in [-0.25, -0.2) is 0 Å². The van der Waals surface area contributed by atoms with Crippen LogP contribution in [0.4, 0.5) is 0 Å². The first-order chi connectivity index (χ1) is 12.2. The number of furan rings is 1. The molecule has 0 saturated carbocycles. The van der Waals surface area contributed by atoms with Crippen LogP contribution in [0.15, 0.2) is 46.9 Å². The summed E-state index contributed by atoms with van der Waals surface area (Å²) in [6.07, 6.45) is 0.719. The average Bonchev–Trinajstić information content (AvgIpc) is 3.12. The van der Waals surface area contributed by atoms with Crippen molar-refractivity contribution in [2.45, 2.75) is 6.54 Å². The van der Waals surface area contributed by atoms with Crippen LogP contribution in [0.5, 0.6) is 0 Å². The molecule has 2 aromatic heterocycles. The summed E-state index contributed by atoms with van der Waals surface area (Å²) < 4.78 is 5.50. The molecule has 0 amide bonds. The number of likely N-dealkylation sites (N-methyl/N-ethyl adjacent to an activating group) is 1. The molecule has 3 heterocycles. The third-order valence-corrected chi connectivity index (χ3v) is 4.76. The second-order valence-electron chi connectivity index (χ2n) is 6.61. The molecule has 0 unspecified atom stereocenters. The molecule has 1 aliphatic heterocycles. The van der Waals surface area contributed by atoms with Crippen LogP contribution in [0.1, 0.15) is 16.2 Å². The van der Waals surface area contributed by atoms with Gasteiger partial charge in [-0.1, -0.05) is 6.07 Å². The summed E-state index contributed by atoms with van der Waals surface area (Å²) in [4.78, 5) is 20.4. The van der Waals surface area contributed by atoms with Crippen LogP contribution in [0.25, 0.3) is 22.2 Å². The number of piperazine rings is 1. The van der Waals surface area contributed by atoms with E-state index in [-0.39, 0.29) is 0 Å². The minimum absolute atomic E-state index is 0.343. The van der Waals surface area contributed by atoms with Crippen LogP contribution in [0.3, 0.4) is 0 Å². The van der Waals surface area contributed by atoms with Gasteiger partial charge in [0.25, 0.3) is 0 Å². The summed E-state index contributed by atoms with van der Waals surface area (Å²) in [5.74, 6) is 1.04. The Morgan fingerprint density at radius 1 is 1.08 bits per heavy atom. The van der Waals surface area contributed by atoms with Crippen LogP contribution in [-0.4, -0.2) is 54.3 Å². The molecule has 128 valence electrons. The van der Waals surface area contributed by atoms with Crippen molar-refractivity contribution in [3.63, 3.8) is 0 Å². The lowest BCUT2D eigenvalue weighted by molar-refractivity contribution is 0.110. The van der Waals surface area contributed by atoms with Gasteiger partial charge in [-0.2, -0.15) is 0 Å². The van der Waals surface area contributed by atoms with E-state index in [1.54, 1.807) is 6.07 Å². The number of carbonyl (C=O) groups excluding carboxylic acids is 1. The van der Waals surface area contributed by atoms with Crippen molar-refractivity contribution in [2.75, 3.05) is 33.2 Å². The van der Waals surface area contributed by atoms with E-state index in [0.717, 1.165) is 61.2 Å². The van der Waals surface area contributed by atoms with Crippen LogP contribution in [0.2, 0.25) is 0 Å². The maximum atomic E-state index is 10.8. The van der Waals surface area contributed by atoms with E-state index in [1.165, 1.54) is 0 Å². The van der Waals surface area contributed by atoms with Gasteiger partial charge in [0.15, 0.2) is 12.0 Å². The zero-order valence-corrected chi connectivity index (χ0v) is 14.3. The number of rotatable bonds is 4. The van der Waals surface area contributed by atoms with Gasteiger partial charge in [0.2, 0.25) is 0 Å². The molecular weight excluding hydrogens is 314 g/mol. The van der Waals surface area contributed by atoms with Crippen molar-refractivity contribution < 1.29 is 9.21 Å². The van der Waals surface area contributed by atoms with Crippen molar-refractivity contribution in [1.29, 1.82) is 0 Å². The Morgan fingerprint density at radius 3 is 2.68 bits per heavy atom. The van der Waals surface area contributed by atoms with Crippen LogP contribution in [0, 0.1) is 0 Å². The summed E-state index contributed by atoms with van der Waals surface area (Å²) in [7, 11) is 2.17. The largest absolute Gasteiger partial charge is 0.453 e. The van der Waals surface area contributed by atoms with E-state index >= 15 is 0 Å². The molecule has 0 bridgehead atoms. The highest BCUT2D eigenvalue weighted by Crippen LogP contribution is 2.25. The van der Waals surface area contributed by atoms with Gasteiger partial charge < -0.3 is 9.32 Å². The molecule has 0 N–H and O–H groups in total. The molecule has 0 spiro atoms. The number of hydrogen-bond acceptors (Lipinski definition) is 5. The molecule has 3 aromatic rings. The van der Waals surface area contributed by atoms with Gasteiger partial charge >= 0.3 is 0 Å². The standard InChI is InChI=1S/C20H21N3O2/c1-22-8-10-23(11-9-22)13-17-4-2-15-12-16(3-6-19(15)21-17)20-7-5-18(14-24)25-20/h2-7,12,14H,8-11,13H2,1H3. The molecule has 1 fully saturated rings. The maximum absolute atomic E-state index is 10.8. The molecular formula is C20H21N3O2. The fraction of sp³-hybridized carbons (Fsp3) is 0.300. The summed E-state index contributed by atoms with van der Waals surface area (Å²) >= 11 is 0. The normalized spacial score (nSPS) is 16.4. The Bertz CT molecular complexity index is 895. The Morgan fingerprint density at radius 2 is 1.92 bits per heavy atom. The van der Waals surface area contributed by atoms with E-state index in [1.807, 2.05) is 18.2 Å². The molecule has 25 heavy (non-hydrogen) atoms. The minimum atomic E-state index is 0.343. The molecule has 1 aromatic carbocycles. The molecule has 5 heteroatoms. The quantitative estimate of drug-likeness (QED) is 0.686. The molecule has 5 nitrogen and oxygen atoms in total. The molecule has 0 atom stereocenters. The number of fused-ring (bicyclic) bond motifs is 1. The van der Waals surface area contributed by atoms with Gasteiger partial charge in [0.05, 0.1) is 11.2 Å². The zero-order chi connectivity index (χ0) is 17.2. The predicted molar refractivity (Wildman–Crippen MR) is 97.6 cm³/mol. The summed E-state index contributed by atoms with van der Waals surface area (Å²) in [6, 6.07) is 13.8. The monoisotopic (exact) mass is 335 g/mol. The first-order valence-electron chi connectivity index (χ1n) is 8.57. The summed E-state index contributed by atoms with van der Waals surface area (Å²) in [5.41, 5.74) is 3.04. The number of pyridine rings is 1. The van der Waals surface area contributed by atoms with E-state index in [0.29, 0.717) is 11.5 Å². The lowest BCUT2D eigenvalue weighted by Crippen LogP contribution is -2.43. The molecule has 0 radical (unpaired) electrons. The van der Waals surface area contributed by atoms with Gasteiger partial charge in [0.1, 0.15) is 5.76 Å². The lowest BCUT2D eigenvalue weighted by atomic mass is 10.1. The third kappa shape index (κ3) is 3.48. The first-order valence-corrected chi connectivity index (χ1v) is 8.57. The van der Waals surface area contributed by atoms with E-state index < -0.39 is 0 Å². The van der Waals surface area contributed by atoms with Crippen molar-refractivity contribution in [2.24, 2.45) is 0 Å². The van der Waals surface area contributed by atoms with Crippen molar-refractivity contribution in [1.82, 2.24) is 14.8 Å². The van der Waals surface area contributed by atoms with Gasteiger partial charge in [-0.3, -0.25) is 14.7 Å². The van der Waals surface area contributed by atoms with Crippen molar-refractivity contribution >= 4 is 17.2 Å². The van der Waals surface area contributed by atoms with Gasteiger partial charge in [0, 0.05) is 43.7 Å². The average molecular weight is 335 g/mol. The Labute approximate surface area is 146 Å². The lowest BCUT2D eigenvalue weighted by Gasteiger charge is -2.32. The number of hydrogen-bond donors (Lipinski definition) is 0. The van der Waals surface area contributed by atoms with Crippen LogP contribution >= 0.6 is 0 Å². The molecule has 1 saturated heterocycles. The number of nitrogens with zero attached hydrogens (tertiary/aromatic N) is 3. The number of carbonyl (C=O) groups is 1. The minimum Gasteiger partial charge on any atom is -0.453 e. The zero-order valence-electron chi connectivity index (χ0n) is 14.3. The first kappa shape index (κ1) is 16.0. The smallest absolute Gasteiger partial charge is 0.185 e. The molecule has 4 rings (SSSR count). The maximum Gasteiger partial charge on any atom is 0.185 e. The highest BCUT2D eigenvalue weighted by Gasteiger charge is 2.14. The predicted octanol–water partition coefficient (Wildman–Crippen LogP) is 3.05. The fourth-order valence-electron chi connectivity index (χ4n) is 3.22. The summed E-state index contributed by atoms with van der Waals surface area (Å²) in [5, 5.41) is 1.07. The SMILES string of the molecule is CN1CCN(Cc2ccc3cc(-c4ccc(C=O)o4)ccc3n2)CC1. The Balaban J connectivity index is 1.55. The summed E-state index contributed by atoms with van der Waals surface area (Å²) in [6.45, 7) is 5.30. The highest BCUT2D eigenvalue weighted by atomic mass is 16.3. The number of aromatic nitrogens is 1. The van der Waals surface area contributed by atoms with E-state index in [4.69, 9.17) is 9.40 Å². The van der Waals surface area contributed by atoms with Gasteiger partial charge in [-0.15, -0.1) is 0 Å². The third-order valence-electron chi connectivity index (χ3n) is 4.76. The molecule has 0 aliphatic carbocycles. The van der Waals surface area contributed by atoms with Crippen LogP contribution in [-0.2, 0) is 6.54 Å². The van der Waals surface area contributed by atoms with E-state index in [2.05, 4.69) is 35.0 Å². The Kier molecular flexibility index (Phi) is 4.34. The second kappa shape index (κ2) is 6.78. The number of benzene rings is 1. The molecule has 1 aliphatic rings. The fourth-order valence-corrected chi connectivity index (χ4v) is 3.22. The van der Waals surface area contributed by atoms with Crippen molar-refractivity contribution in [3.05, 3.63) is 53.9 Å². The highest BCUT2D eigenvalue weighted by molar-refractivity contribution is 5.84. The second-order valence-corrected chi connectivity index (χ2v) is 6.61. The van der Waals surface area contributed by atoms with Crippen molar-refractivity contribution in [3.8, 4) is 11.3 Å². The number of aldehydes is 1. The Hall–Kier alpha value is -2.50.